The molecular formula is C18H25ClN2O5. The highest BCUT2D eigenvalue weighted by molar-refractivity contribution is 5.99. The number of carbonyl (C=O) groups is 2. The van der Waals surface area contributed by atoms with Crippen LogP contribution in [0.2, 0.25) is 0 Å². The number of aliphatic carboxylic acids is 1. The fourth-order valence-electron chi connectivity index (χ4n) is 3.70. The Labute approximate surface area is 159 Å². The van der Waals surface area contributed by atoms with Crippen molar-refractivity contribution in [3.05, 3.63) is 18.2 Å². The second-order valence-electron chi connectivity index (χ2n) is 6.54. The number of carboxylic acids is 1. The van der Waals surface area contributed by atoms with Gasteiger partial charge in [0.25, 0.3) is 0 Å². The van der Waals surface area contributed by atoms with Gasteiger partial charge < -0.3 is 19.5 Å². The van der Waals surface area contributed by atoms with Crippen molar-refractivity contribution >= 4 is 30.0 Å². The van der Waals surface area contributed by atoms with Crippen LogP contribution in [0.25, 0.3) is 0 Å². The van der Waals surface area contributed by atoms with Gasteiger partial charge >= 0.3 is 5.97 Å². The van der Waals surface area contributed by atoms with Crippen molar-refractivity contribution in [2.75, 3.05) is 38.8 Å². The van der Waals surface area contributed by atoms with Crippen LogP contribution in [-0.2, 0) is 9.59 Å². The number of amides is 1. The Morgan fingerprint density at radius 2 is 1.77 bits per heavy atom. The molecule has 7 nitrogen and oxygen atoms in total. The normalized spacial score (nSPS) is 23.5. The number of carbonyl (C=O) groups excluding carboxylic acids is 1. The van der Waals surface area contributed by atoms with E-state index in [1.807, 2.05) is 17.0 Å². The van der Waals surface area contributed by atoms with Crippen LogP contribution >= 0.6 is 12.4 Å². The quantitative estimate of drug-likeness (QED) is 0.836. The highest BCUT2D eigenvalue weighted by atomic mass is 35.5. The van der Waals surface area contributed by atoms with Crippen molar-refractivity contribution in [1.29, 1.82) is 0 Å². The van der Waals surface area contributed by atoms with Crippen LogP contribution in [0.1, 0.15) is 19.3 Å². The second-order valence-corrected chi connectivity index (χ2v) is 6.54. The van der Waals surface area contributed by atoms with Crippen molar-refractivity contribution in [3.63, 3.8) is 0 Å². The van der Waals surface area contributed by atoms with Gasteiger partial charge in [0.1, 0.15) is 11.5 Å². The van der Waals surface area contributed by atoms with Gasteiger partial charge in [-0.25, -0.2) is 0 Å². The summed E-state index contributed by atoms with van der Waals surface area (Å²) in [7, 11) is 3.15. The third-order valence-corrected chi connectivity index (χ3v) is 5.07. The molecular weight excluding hydrogens is 360 g/mol. The molecule has 2 saturated heterocycles. The first-order chi connectivity index (χ1) is 12.0. The summed E-state index contributed by atoms with van der Waals surface area (Å²) < 4.78 is 10.6. The summed E-state index contributed by atoms with van der Waals surface area (Å²) in [5, 5.41) is 9.26. The number of anilines is 1. The number of nitrogens with zero attached hydrogens (tertiary/aromatic N) is 2. The zero-order valence-corrected chi connectivity index (χ0v) is 15.8. The van der Waals surface area contributed by atoms with E-state index in [1.165, 1.54) is 0 Å². The number of rotatable bonds is 5. The van der Waals surface area contributed by atoms with E-state index in [0.29, 0.717) is 37.4 Å². The van der Waals surface area contributed by atoms with E-state index >= 15 is 0 Å². The van der Waals surface area contributed by atoms with Gasteiger partial charge in [0.05, 0.1) is 31.9 Å². The number of hydrogen-bond donors (Lipinski definition) is 1. The molecule has 1 aromatic rings. The fourth-order valence-corrected chi connectivity index (χ4v) is 3.70. The summed E-state index contributed by atoms with van der Waals surface area (Å²) in [5.74, 6) is 0.127. The van der Waals surface area contributed by atoms with Gasteiger partial charge in [0.2, 0.25) is 5.91 Å². The van der Waals surface area contributed by atoms with Gasteiger partial charge in [-0.2, -0.15) is 0 Å². The minimum absolute atomic E-state index is 0. The van der Waals surface area contributed by atoms with Crippen molar-refractivity contribution in [2.45, 2.75) is 25.3 Å². The molecule has 2 aliphatic heterocycles. The van der Waals surface area contributed by atoms with E-state index in [4.69, 9.17) is 9.47 Å². The molecule has 3 rings (SSSR count). The van der Waals surface area contributed by atoms with Gasteiger partial charge in [-0.15, -0.1) is 12.4 Å². The first kappa shape index (κ1) is 20.3. The first-order valence-corrected chi connectivity index (χ1v) is 8.54. The Balaban J connectivity index is 0.00000243. The topological polar surface area (TPSA) is 79.3 Å². The van der Waals surface area contributed by atoms with E-state index in [2.05, 4.69) is 0 Å². The minimum atomic E-state index is -0.774. The highest BCUT2D eigenvalue weighted by Crippen LogP contribution is 2.33. The number of hydrogen-bond acceptors (Lipinski definition) is 5. The Hall–Kier alpha value is -1.99. The van der Waals surface area contributed by atoms with Crippen molar-refractivity contribution < 1.29 is 24.2 Å². The fraction of sp³-hybridized carbons (Fsp3) is 0.556. The molecule has 0 aliphatic carbocycles. The molecule has 0 aromatic heterocycles. The molecule has 0 spiro atoms. The van der Waals surface area contributed by atoms with E-state index < -0.39 is 5.97 Å². The summed E-state index contributed by atoms with van der Waals surface area (Å²) >= 11 is 0. The van der Waals surface area contributed by atoms with Crippen LogP contribution in [0, 0.1) is 5.92 Å². The molecule has 2 atom stereocenters. The van der Waals surface area contributed by atoms with Gasteiger partial charge in [-0.05, 0) is 25.8 Å². The molecule has 0 bridgehead atoms. The minimum Gasteiger partial charge on any atom is -0.497 e. The Morgan fingerprint density at radius 3 is 2.35 bits per heavy atom. The van der Waals surface area contributed by atoms with Gasteiger partial charge in [-0.1, -0.05) is 0 Å². The number of methoxy groups -OCH3 is 2. The van der Waals surface area contributed by atoms with Gasteiger partial charge in [0.15, 0.2) is 0 Å². The molecule has 2 unspecified atom stereocenters. The molecule has 1 amide bonds. The van der Waals surface area contributed by atoms with Crippen molar-refractivity contribution in [2.24, 2.45) is 5.92 Å². The van der Waals surface area contributed by atoms with E-state index in [0.717, 1.165) is 18.7 Å². The van der Waals surface area contributed by atoms with Crippen LogP contribution in [0.4, 0.5) is 5.69 Å². The first-order valence-electron chi connectivity index (χ1n) is 8.54. The molecule has 2 fully saturated rings. The summed E-state index contributed by atoms with van der Waals surface area (Å²) in [6.45, 7) is 1.82. The molecule has 26 heavy (non-hydrogen) atoms. The van der Waals surface area contributed by atoms with Crippen molar-refractivity contribution in [3.8, 4) is 11.5 Å². The summed E-state index contributed by atoms with van der Waals surface area (Å²) in [6, 6.07) is 5.15. The average molecular weight is 385 g/mol. The number of ether oxygens (including phenoxy) is 2. The molecule has 8 heteroatoms. The highest BCUT2D eigenvalue weighted by Gasteiger charge is 2.39. The number of halogens is 1. The third-order valence-electron chi connectivity index (χ3n) is 5.07. The lowest BCUT2D eigenvalue weighted by Gasteiger charge is -2.34. The maximum Gasteiger partial charge on any atom is 0.307 e. The second kappa shape index (κ2) is 8.60. The lowest BCUT2D eigenvalue weighted by atomic mass is 9.96. The predicted octanol–water partition coefficient (Wildman–Crippen LogP) is 2.03. The largest absolute Gasteiger partial charge is 0.497 e. The maximum atomic E-state index is 12.9. The van der Waals surface area contributed by atoms with Gasteiger partial charge in [0, 0.05) is 31.3 Å². The van der Waals surface area contributed by atoms with Crippen LogP contribution in [-0.4, -0.2) is 61.8 Å². The Bertz CT molecular complexity index is 647. The molecule has 0 radical (unpaired) electrons. The Morgan fingerprint density at radius 1 is 1.12 bits per heavy atom. The number of piperidine rings is 1. The maximum absolute atomic E-state index is 12.9. The predicted molar refractivity (Wildman–Crippen MR) is 99.5 cm³/mol. The monoisotopic (exact) mass is 384 g/mol. The molecule has 2 heterocycles. The van der Waals surface area contributed by atoms with E-state index in [9.17, 15) is 14.7 Å². The third kappa shape index (κ3) is 4.04. The van der Waals surface area contributed by atoms with Crippen LogP contribution < -0.4 is 14.4 Å². The van der Waals surface area contributed by atoms with Crippen LogP contribution in [0.3, 0.4) is 0 Å². The summed E-state index contributed by atoms with van der Waals surface area (Å²) in [5.41, 5.74) is 0.746. The molecule has 1 aromatic carbocycles. The van der Waals surface area contributed by atoms with Crippen LogP contribution in [0.15, 0.2) is 18.2 Å². The SMILES string of the molecule is COc1cc(OC)cc(N2CCC(N3CCCC(C(=O)O)C3)C2=O)c1.Cl. The molecule has 144 valence electrons. The number of benzene rings is 1. The standard InChI is InChI=1S/C18H24N2O5.ClH/c1-24-14-8-13(9-15(10-14)25-2)20-7-5-16(17(20)21)19-6-3-4-12(11-19)18(22)23;/h8-10,12,16H,3-7,11H2,1-2H3,(H,22,23);1H. The molecule has 0 saturated carbocycles. The van der Waals surface area contributed by atoms with Crippen LogP contribution in [0.5, 0.6) is 11.5 Å². The number of likely N-dealkylation sites (tertiary alicyclic amines) is 1. The van der Waals surface area contributed by atoms with Gasteiger partial charge in [-0.3, -0.25) is 14.5 Å². The van der Waals surface area contributed by atoms with E-state index in [-0.39, 0.29) is 30.3 Å². The zero-order valence-electron chi connectivity index (χ0n) is 15.0. The Kier molecular flexibility index (Phi) is 6.72. The molecule has 1 N–H and O–H groups in total. The lowest BCUT2D eigenvalue weighted by molar-refractivity contribution is -0.144. The van der Waals surface area contributed by atoms with E-state index in [1.54, 1.807) is 25.2 Å². The average Bonchev–Trinajstić information content (AvgIpc) is 3.02. The lowest BCUT2D eigenvalue weighted by Crippen LogP contribution is -2.48. The number of carboxylic acid groups (broad SMARTS) is 1. The zero-order chi connectivity index (χ0) is 18.0. The smallest absolute Gasteiger partial charge is 0.307 e. The summed E-state index contributed by atoms with van der Waals surface area (Å²) in [4.78, 5) is 28.0. The molecule has 2 aliphatic rings. The summed E-state index contributed by atoms with van der Waals surface area (Å²) in [6.07, 6.45) is 2.20. The van der Waals surface area contributed by atoms with Crippen molar-refractivity contribution in [1.82, 2.24) is 4.90 Å².